The van der Waals surface area contributed by atoms with E-state index in [-0.39, 0.29) is 18.5 Å². The molecule has 0 radical (unpaired) electrons. The highest BCUT2D eigenvalue weighted by Gasteiger charge is 2.32. The minimum atomic E-state index is -4.50. The monoisotopic (exact) mass is 265 g/mol. The second-order valence-electron chi connectivity index (χ2n) is 3.61. The van der Waals surface area contributed by atoms with Crippen LogP contribution >= 0.6 is 0 Å². The van der Waals surface area contributed by atoms with E-state index in [2.05, 4.69) is 15.5 Å². The van der Waals surface area contributed by atoms with Gasteiger partial charge in [0.25, 0.3) is 0 Å². The minimum Gasteiger partial charge on any atom is -0.396 e. The van der Waals surface area contributed by atoms with Crippen LogP contribution in [0.4, 0.5) is 19.0 Å². The number of hydrogen-bond donors (Lipinski definition) is 2. The molecule has 0 aliphatic heterocycles. The molecule has 0 aromatic carbocycles. The quantitative estimate of drug-likeness (QED) is 0.811. The molecule has 1 aromatic rings. The molecule has 1 heterocycles. The maximum Gasteiger partial charge on any atom is 0.435 e. The number of methoxy groups -OCH3 is 1. The van der Waals surface area contributed by atoms with Crippen LogP contribution in [0.25, 0.3) is 0 Å². The minimum absolute atomic E-state index is 0.0604. The number of hydrogen-bond acceptors (Lipinski definition) is 5. The van der Waals surface area contributed by atoms with Crippen molar-refractivity contribution in [3.63, 3.8) is 0 Å². The number of nitrogens with zero attached hydrogens (tertiary/aromatic N) is 2. The first kappa shape index (κ1) is 14.7. The van der Waals surface area contributed by atoms with Gasteiger partial charge in [0.2, 0.25) is 0 Å². The second kappa shape index (κ2) is 6.50. The van der Waals surface area contributed by atoms with Crippen molar-refractivity contribution in [1.82, 2.24) is 10.2 Å². The van der Waals surface area contributed by atoms with Gasteiger partial charge in [-0.3, -0.25) is 0 Å². The zero-order valence-electron chi connectivity index (χ0n) is 9.74. The molecule has 2 N–H and O–H groups in total. The third kappa shape index (κ3) is 4.46. The first-order chi connectivity index (χ1) is 8.47. The number of aliphatic hydroxyl groups is 1. The summed E-state index contributed by atoms with van der Waals surface area (Å²) in [6.07, 6.45) is -4.10. The largest absolute Gasteiger partial charge is 0.435 e. The molecular formula is C10H14F3N3O2. The Labute approximate surface area is 102 Å². The van der Waals surface area contributed by atoms with Gasteiger partial charge in [-0.05, 0) is 18.6 Å². The summed E-state index contributed by atoms with van der Waals surface area (Å²) in [5.41, 5.74) is -1.04. The average Bonchev–Trinajstić information content (AvgIpc) is 2.29. The molecule has 1 unspecified atom stereocenters. The third-order valence-corrected chi connectivity index (χ3v) is 2.15. The predicted molar refractivity (Wildman–Crippen MR) is 58.0 cm³/mol. The first-order valence-corrected chi connectivity index (χ1v) is 5.24. The molecule has 0 spiro atoms. The predicted octanol–water partition coefficient (Wildman–Crippen LogP) is 1.30. The molecule has 0 amide bonds. The molecular weight excluding hydrogens is 251 g/mol. The van der Waals surface area contributed by atoms with Crippen molar-refractivity contribution >= 4 is 5.82 Å². The average molecular weight is 265 g/mol. The lowest BCUT2D eigenvalue weighted by Gasteiger charge is -2.17. The van der Waals surface area contributed by atoms with Crippen molar-refractivity contribution < 1.29 is 23.0 Å². The smallest absolute Gasteiger partial charge is 0.396 e. The van der Waals surface area contributed by atoms with Crippen LogP contribution < -0.4 is 5.32 Å². The van der Waals surface area contributed by atoms with E-state index in [9.17, 15) is 13.2 Å². The van der Waals surface area contributed by atoms with E-state index < -0.39 is 11.9 Å². The molecule has 5 nitrogen and oxygen atoms in total. The maximum atomic E-state index is 12.2. The Morgan fingerprint density at radius 3 is 2.56 bits per heavy atom. The molecule has 0 aliphatic carbocycles. The van der Waals surface area contributed by atoms with E-state index in [1.165, 1.54) is 13.2 Å². The Kier molecular flexibility index (Phi) is 5.29. The normalized spacial score (nSPS) is 13.4. The van der Waals surface area contributed by atoms with Gasteiger partial charge in [-0.2, -0.15) is 13.2 Å². The number of ether oxygens (including phenoxy) is 1. The van der Waals surface area contributed by atoms with Crippen LogP contribution in [0.15, 0.2) is 12.1 Å². The number of rotatable bonds is 6. The maximum absolute atomic E-state index is 12.2. The Hall–Kier alpha value is -1.41. The summed E-state index contributed by atoms with van der Waals surface area (Å²) in [6, 6.07) is 1.81. The summed E-state index contributed by atoms with van der Waals surface area (Å²) >= 11 is 0. The molecule has 1 rings (SSSR count). The van der Waals surface area contributed by atoms with Crippen molar-refractivity contribution in [3.8, 4) is 0 Å². The van der Waals surface area contributed by atoms with Crippen LogP contribution in [0.1, 0.15) is 12.1 Å². The highest BCUT2D eigenvalue weighted by Crippen LogP contribution is 2.27. The Morgan fingerprint density at radius 1 is 1.39 bits per heavy atom. The molecule has 8 heteroatoms. The summed E-state index contributed by atoms with van der Waals surface area (Å²) in [6.45, 7) is 0.248. The molecule has 0 bridgehead atoms. The number of aromatic nitrogens is 2. The van der Waals surface area contributed by atoms with E-state index in [1.807, 2.05) is 0 Å². The van der Waals surface area contributed by atoms with Crippen LogP contribution in [0.3, 0.4) is 0 Å². The number of aliphatic hydroxyl groups excluding tert-OH is 1. The van der Waals surface area contributed by atoms with Crippen molar-refractivity contribution in [3.05, 3.63) is 17.8 Å². The van der Waals surface area contributed by atoms with E-state index in [0.29, 0.717) is 13.0 Å². The van der Waals surface area contributed by atoms with E-state index in [4.69, 9.17) is 9.84 Å². The lowest BCUT2D eigenvalue weighted by atomic mass is 10.2. The van der Waals surface area contributed by atoms with Crippen LogP contribution in [0.2, 0.25) is 0 Å². The van der Waals surface area contributed by atoms with Crippen LogP contribution in [0.5, 0.6) is 0 Å². The molecule has 102 valence electrons. The lowest BCUT2D eigenvalue weighted by molar-refractivity contribution is -0.141. The summed E-state index contributed by atoms with van der Waals surface area (Å²) < 4.78 is 41.6. The summed E-state index contributed by atoms with van der Waals surface area (Å²) in [5, 5.41) is 18.2. The molecule has 0 saturated carbocycles. The first-order valence-electron chi connectivity index (χ1n) is 5.24. The van der Waals surface area contributed by atoms with E-state index in [1.54, 1.807) is 0 Å². The van der Waals surface area contributed by atoms with Crippen molar-refractivity contribution in [2.24, 2.45) is 0 Å². The molecule has 1 aromatic heterocycles. The van der Waals surface area contributed by atoms with Crippen molar-refractivity contribution in [2.45, 2.75) is 18.6 Å². The van der Waals surface area contributed by atoms with Crippen molar-refractivity contribution in [2.75, 3.05) is 25.6 Å². The second-order valence-corrected chi connectivity index (χ2v) is 3.61. The number of alkyl halides is 3. The van der Waals surface area contributed by atoms with Crippen LogP contribution in [-0.2, 0) is 10.9 Å². The lowest BCUT2D eigenvalue weighted by Crippen LogP contribution is -2.27. The van der Waals surface area contributed by atoms with E-state index in [0.717, 1.165) is 6.07 Å². The fraction of sp³-hybridized carbons (Fsp3) is 0.600. The summed E-state index contributed by atoms with van der Waals surface area (Å²) in [5.74, 6) is 0.207. The molecule has 1 atom stereocenters. The van der Waals surface area contributed by atoms with Gasteiger partial charge in [0.05, 0.1) is 12.6 Å². The van der Waals surface area contributed by atoms with Gasteiger partial charge in [-0.25, -0.2) is 0 Å². The van der Waals surface area contributed by atoms with Gasteiger partial charge < -0.3 is 15.2 Å². The van der Waals surface area contributed by atoms with Gasteiger partial charge >= 0.3 is 6.18 Å². The fourth-order valence-corrected chi connectivity index (χ4v) is 1.32. The Bertz CT molecular complexity index is 350. The molecule has 18 heavy (non-hydrogen) atoms. The zero-order valence-corrected chi connectivity index (χ0v) is 9.74. The molecule has 0 fully saturated rings. The van der Waals surface area contributed by atoms with Crippen molar-refractivity contribution in [1.29, 1.82) is 0 Å². The van der Waals surface area contributed by atoms with Gasteiger partial charge in [0.15, 0.2) is 5.69 Å². The van der Waals surface area contributed by atoms with Gasteiger partial charge in [0, 0.05) is 13.7 Å². The van der Waals surface area contributed by atoms with Crippen LogP contribution in [0, 0.1) is 0 Å². The number of anilines is 1. The number of halogens is 3. The SMILES string of the molecule is COCC(CCO)Nc1ccc(C(F)(F)F)nn1. The molecule has 0 aliphatic rings. The Balaban J connectivity index is 2.67. The Morgan fingerprint density at radius 2 is 2.11 bits per heavy atom. The highest BCUT2D eigenvalue weighted by atomic mass is 19.4. The van der Waals surface area contributed by atoms with Crippen LogP contribution in [-0.4, -0.2) is 41.7 Å². The fourth-order valence-electron chi connectivity index (χ4n) is 1.32. The molecule has 0 saturated heterocycles. The standard InChI is InChI=1S/C10H14F3N3O2/c1-18-6-7(4-5-17)14-9-3-2-8(15-16-9)10(11,12)13/h2-3,7,17H,4-6H2,1H3,(H,14,16). The summed E-state index contributed by atoms with van der Waals surface area (Å²) in [4.78, 5) is 0. The third-order valence-electron chi connectivity index (χ3n) is 2.15. The number of nitrogens with one attached hydrogen (secondary N) is 1. The summed E-state index contributed by atoms with van der Waals surface area (Å²) in [7, 11) is 1.49. The zero-order chi connectivity index (χ0) is 13.6. The van der Waals surface area contributed by atoms with Gasteiger partial charge in [0.1, 0.15) is 5.82 Å². The van der Waals surface area contributed by atoms with Gasteiger partial charge in [-0.1, -0.05) is 0 Å². The highest BCUT2D eigenvalue weighted by molar-refractivity contribution is 5.34. The topological polar surface area (TPSA) is 67.3 Å². The van der Waals surface area contributed by atoms with Gasteiger partial charge in [-0.15, -0.1) is 10.2 Å². The van der Waals surface area contributed by atoms with E-state index >= 15 is 0 Å².